The largest absolute Gasteiger partial charge is 0.488 e. The molecule has 2 aromatic carbocycles. The first-order valence-electron chi connectivity index (χ1n) is 17.0. The van der Waals surface area contributed by atoms with Crippen molar-refractivity contribution in [3.05, 3.63) is 64.5 Å². The molecule has 0 bridgehead atoms. The van der Waals surface area contributed by atoms with E-state index in [1.807, 2.05) is 0 Å². The predicted molar refractivity (Wildman–Crippen MR) is 129 cm³/mol. The van der Waals surface area contributed by atoms with Gasteiger partial charge in [-0.25, -0.2) is 4.39 Å². The molecule has 9 heteroatoms. The minimum atomic E-state index is -3.49. The number of carbonyl (C=O) groups is 3. The number of hydrogen-bond donors (Lipinski definition) is 1. The first kappa shape index (κ1) is 13.9. The van der Waals surface area contributed by atoms with E-state index in [1.54, 1.807) is 0 Å². The lowest BCUT2D eigenvalue weighted by Crippen LogP contribution is -2.52. The Hall–Kier alpha value is -3.30. The molecule has 5 rings (SSSR count). The van der Waals surface area contributed by atoms with Crippen molar-refractivity contribution in [1.82, 2.24) is 15.1 Å². The van der Waals surface area contributed by atoms with Crippen molar-refractivity contribution in [2.45, 2.75) is 64.4 Å². The van der Waals surface area contributed by atoms with E-state index in [0.717, 1.165) is 38.1 Å². The van der Waals surface area contributed by atoms with E-state index in [-0.39, 0.29) is 23.3 Å². The molecule has 36 heavy (non-hydrogen) atoms. The summed E-state index contributed by atoms with van der Waals surface area (Å²) >= 11 is 0. The molecule has 0 aromatic heterocycles. The number of piperidine rings is 1. The summed E-state index contributed by atoms with van der Waals surface area (Å²) in [6.07, 6.45) is -5.82. The summed E-state index contributed by atoms with van der Waals surface area (Å²) in [5.74, 6) is -4.69. The van der Waals surface area contributed by atoms with Gasteiger partial charge in [0.25, 0.3) is 5.91 Å². The Bertz CT molecular complexity index is 1690. The van der Waals surface area contributed by atoms with Crippen molar-refractivity contribution in [3.8, 4) is 5.75 Å². The third-order valence-corrected chi connectivity index (χ3v) is 5.58. The summed E-state index contributed by atoms with van der Waals surface area (Å²) < 4.78 is 130. The number of ether oxygens (including phenoxy) is 2. The van der Waals surface area contributed by atoms with Crippen molar-refractivity contribution in [2.75, 3.05) is 13.0 Å². The number of carbonyl (C=O) groups excluding carboxylic acids is 3. The Morgan fingerprint density at radius 2 is 1.89 bits per heavy atom. The number of hydrogen-bond acceptors (Lipinski definition) is 6. The molecule has 3 aliphatic rings. The Balaban J connectivity index is 1.56. The number of imide groups is 1. The van der Waals surface area contributed by atoms with E-state index < -0.39 is 96.7 Å². The smallest absolute Gasteiger partial charge is 0.255 e. The number of amides is 3. The quantitative estimate of drug-likeness (QED) is 0.605. The van der Waals surface area contributed by atoms with Crippen LogP contribution in [0.15, 0.2) is 36.4 Å². The van der Waals surface area contributed by atoms with Crippen molar-refractivity contribution in [3.63, 3.8) is 0 Å². The maximum absolute atomic E-state index is 16.3. The highest BCUT2D eigenvalue weighted by molar-refractivity contribution is 6.05. The molecule has 2 fully saturated rings. The zero-order valence-corrected chi connectivity index (χ0v) is 19.3. The lowest BCUT2D eigenvalue weighted by molar-refractivity contribution is -0.136. The molecule has 3 unspecified atom stereocenters. The summed E-state index contributed by atoms with van der Waals surface area (Å²) in [5.41, 5.74) is -2.85. The van der Waals surface area contributed by atoms with Crippen LogP contribution in [0.1, 0.15) is 70.2 Å². The van der Waals surface area contributed by atoms with Crippen LogP contribution in [0.25, 0.3) is 0 Å². The van der Waals surface area contributed by atoms with Gasteiger partial charge in [-0.2, -0.15) is 0 Å². The Morgan fingerprint density at radius 3 is 2.64 bits per heavy atom. The fourth-order valence-electron chi connectivity index (χ4n) is 3.96. The van der Waals surface area contributed by atoms with Crippen LogP contribution in [0, 0.1) is 5.82 Å². The van der Waals surface area contributed by atoms with Gasteiger partial charge in [-0.1, -0.05) is 24.3 Å². The summed E-state index contributed by atoms with van der Waals surface area (Å²) in [4.78, 5) is 38.0. The molecule has 1 N–H and O–H groups in total. The maximum Gasteiger partial charge on any atom is 0.255 e. The third kappa shape index (κ3) is 4.85. The highest BCUT2D eigenvalue weighted by atomic mass is 19.1. The second kappa shape index (κ2) is 9.99. The first-order chi connectivity index (χ1) is 21.7. The van der Waals surface area contributed by atoms with Crippen molar-refractivity contribution in [1.29, 1.82) is 0 Å². The predicted octanol–water partition coefficient (Wildman–Crippen LogP) is 2.77. The summed E-state index contributed by atoms with van der Waals surface area (Å²) in [6.45, 7) is -14.5. The zero-order chi connectivity index (χ0) is 36.2. The molecule has 3 aliphatic heterocycles. The molecule has 2 aromatic rings. The van der Waals surface area contributed by atoms with Gasteiger partial charge >= 0.3 is 0 Å². The van der Waals surface area contributed by atoms with Crippen molar-refractivity contribution in [2.24, 2.45) is 0 Å². The second-order valence-electron chi connectivity index (χ2n) is 8.19. The lowest BCUT2D eigenvalue weighted by atomic mass is 10.0. The molecule has 3 amide bonds. The van der Waals surface area contributed by atoms with Crippen LogP contribution in [-0.4, -0.2) is 58.7 Å². The van der Waals surface area contributed by atoms with Gasteiger partial charge in [0.05, 0.1) is 26.9 Å². The highest BCUT2D eigenvalue weighted by Gasteiger charge is 2.40. The van der Waals surface area contributed by atoms with Gasteiger partial charge in [0.15, 0.2) is 0 Å². The highest BCUT2D eigenvalue weighted by Crippen LogP contribution is 2.34. The molecule has 3 heterocycles. The zero-order valence-electron chi connectivity index (χ0n) is 31.3. The minimum absolute atomic E-state index is 0.136. The number of nitrogens with one attached hydrogen (secondary N) is 1. The Morgan fingerprint density at radius 1 is 1.17 bits per heavy atom. The van der Waals surface area contributed by atoms with Crippen LogP contribution < -0.4 is 10.1 Å². The Labute approximate surface area is 226 Å². The van der Waals surface area contributed by atoms with E-state index in [9.17, 15) is 14.4 Å². The molecule has 0 radical (unpaired) electrons. The van der Waals surface area contributed by atoms with Gasteiger partial charge in [-0.15, -0.1) is 0 Å². The summed E-state index contributed by atoms with van der Waals surface area (Å²) in [5, 5.41) is 2.05. The van der Waals surface area contributed by atoms with Crippen LogP contribution in [0.5, 0.6) is 5.75 Å². The molecule has 0 saturated carbocycles. The van der Waals surface area contributed by atoms with E-state index in [1.165, 1.54) is 12.1 Å². The molecule has 3 atom stereocenters. The SMILES string of the molecule is [2H]C([2H])(Oc1cccc2c1C([2H])([2H])N(C1CCC(=O)NC1=O)C2=O)c1cccc(C([2H])([2H])N2C([2H])([2H])C([2H])(C)OC([2H])(C)C2([2H])[2H])c1F. The number of nitrogens with zero attached hydrogens (tertiary/aromatic N) is 2. The summed E-state index contributed by atoms with van der Waals surface area (Å²) in [6, 6.07) is 4.80. The van der Waals surface area contributed by atoms with E-state index in [2.05, 4.69) is 5.32 Å². The Kier molecular flexibility index (Phi) is 3.84. The molecule has 0 spiro atoms. The minimum Gasteiger partial charge on any atom is -0.488 e. The van der Waals surface area contributed by atoms with Gasteiger partial charge in [0, 0.05) is 56.4 Å². The van der Waals surface area contributed by atoms with Crippen LogP contribution in [0.3, 0.4) is 0 Å². The maximum atomic E-state index is 16.3. The van der Waals surface area contributed by atoms with E-state index >= 15 is 4.39 Å². The second-order valence-corrected chi connectivity index (χ2v) is 8.19. The average molecular weight is 508 g/mol. The molecule has 8 nitrogen and oxygen atoms in total. The summed E-state index contributed by atoms with van der Waals surface area (Å²) in [7, 11) is 0. The van der Waals surface area contributed by atoms with Gasteiger partial charge in [-0.05, 0) is 32.4 Å². The van der Waals surface area contributed by atoms with Crippen LogP contribution >= 0.6 is 0 Å². The van der Waals surface area contributed by atoms with Crippen LogP contribution in [0.4, 0.5) is 4.39 Å². The van der Waals surface area contributed by atoms with Crippen LogP contribution in [-0.2, 0) is 33.9 Å². The van der Waals surface area contributed by atoms with E-state index in [0.29, 0.717) is 4.90 Å². The van der Waals surface area contributed by atoms with Gasteiger partial charge < -0.3 is 14.4 Å². The van der Waals surface area contributed by atoms with E-state index in [4.69, 9.17) is 25.9 Å². The molecule has 190 valence electrons. The standard InChI is InChI=1S/C27H30FN3O5/c1-16-11-30(12-17(2)36-16)13-18-5-3-6-19(25(18)28)15-35-23-8-4-7-20-21(23)14-31(27(20)34)22-9-10-24(32)29-26(22)33/h3-8,16-17,22H,9-15H2,1-2H3,(H,29,32,33)/i11D2,12D2,13D2,14D2,15D2,16D,17D. The van der Waals surface area contributed by atoms with Gasteiger partial charge in [0.2, 0.25) is 11.8 Å². The first-order valence-corrected chi connectivity index (χ1v) is 11.0. The number of fused-ring (bicyclic) bond motifs is 1. The number of halogens is 1. The van der Waals surface area contributed by atoms with Gasteiger partial charge in [-0.3, -0.25) is 24.6 Å². The van der Waals surface area contributed by atoms with Crippen LogP contribution in [0.2, 0.25) is 0 Å². The number of morpholine rings is 1. The molecule has 2 saturated heterocycles. The monoisotopic (exact) mass is 507 g/mol. The topological polar surface area (TPSA) is 88.2 Å². The molecular formula is C27H30FN3O5. The van der Waals surface area contributed by atoms with Gasteiger partial charge in [0.1, 0.15) is 24.2 Å². The average Bonchev–Trinajstić information content (AvgIpc) is 3.12. The molecule has 0 aliphatic carbocycles. The number of rotatable bonds is 6. The van der Waals surface area contributed by atoms with Crippen molar-refractivity contribution < 1.29 is 44.7 Å². The third-order valence-electron chi connectivity index (χ3n) is 5.58. The fourth-order valence-corrected chi connectivity index (χ4v) is 3.96. The normalized spacial score (nSPS) is 38.6. The van der Waals surface area contributed by atoms with Crippen molar-refractivity contribution >= 4 is 17.7 Å². The lowest BCUT2D eigenvalue weighted by Gasteiger charge is -2.35. The molecular weight excluding hydrogens is 465 g/mol. The fraction of sp³-hybridized carbons (Fsp3) is 0.444. The number of benzene rings is 2.